The maximum atomic E-state index is 13.4. The molecule has 1 amide bonds. The van der Waals surface area contributed by atoms with Crippen molar-refractivity contribution >= 4 is 17.3 Å². The van der Waals surface area contributed by atoms with Crippen molar-refractivity contribution < 1.29 is 9.18 Å². The molecule has 1 heterocycles. The van der Waals surface area contributed by atoms with Crippen molar-refractivity contribution in [2.24, 2.45) is 0 Å². The van der Waals surface area contributed by atoms with Gasteiger partial charge >= 0.3 is 0 Å². The minimum absolute atomic E-state index is 0.0156. The molecule has 0 radical (unpaired) electrons. The van der Waals surface area contributed by atoms with E-state index in [0.29, 0.717) is 11.3 Å². The van der Waals surface area contributed by atoms with Crippen molar-refractivity contribution in [3.8, 4) is 0 Å². The summed E-state index contributed by atoms with van der Waals surface area (Å²) in [6.45, 7) is 1.70. The van der Waals surface area contributed by atoms with Crippen molar-refractivity contribution in [2.75, 3.05) is 11.1 Å². The van der Waals surface area contributed by atoms with Crippen LogP contribution >= 0.6 is 0 Å². The van der Waals surface area contributed by atoms with Crippen LogP contribution in [0.1, 0.15) is 16.1 Å². The highest BCUT2D eigenvalue weighted by Gasteiger charge is 2.14. The van der Waals surface area contributed by atoms with Crippen molar-refractivity contribution in [3.05, 3.63) is 41.5 Å². The van der Waals surface area contributed by atoms with Gasteiger partial charge in [-0.3, -0.25) is 9.89 Å². The maximum absolute atomic E-state index is 13.4. The van der Waals surface area contributed by atoms with Crippen molar-refractivity contribution in [3.63, 3.8) is 0 Å². The predicted molar refractivity (Wildman–Crippen MR) is 62.1 cm³/mol. The lowest BCUT2D eigenvalue weighted by molar-refractivity contribution is 0.102. The fraction of sp³-hybridized carbons (Fsp3) is 0.0909. The number of nitrogens with zero attached hydrogens (tertiary/aromatic N) is 1. The molecule has 2 rings (SSSR count). The Labute approximate surface area is 96.8 Å². The largest absolute Gasteiger partial charge is 0.397 e. The van der Waals surface area contributed by atoms with E-state index >= 15 is 0 Å². The third-order valence-electron chi connectivity index (χ3n) is 2.36. The fourth-order valence-electron chi connectivity index (χ4n) is 1.43. The van der Waals surface area contributed by atoms with Gasteiger partial charge in [-0.05, 0) is 19.1 Å². The van der Waals surface area contributed by atoms with Crippen LogP contribution in [-0.2, 0) is 0 Å². The third kappa shape index (κ3) is 2.10. The molecule has 0 aliphatic heterocycles. The number of H-pyrrole nitrogens is 1. The Morgan fingerprint density at radius 1 is 1.53 bits per heavy atom. The summed E-state index contributed by atoms with van der Waals surface area (Å²) >= 11 is 0. The van der Waals surface area contributed by atoms with Gasteiger partial charge in [0, 0.05) is 5.69 Å². The fourth-order valence-corrected chi connectivity index (χ4v) is 1.43. The quantitative estimate of drug-likeness (QED) is 0.691. The van der Waals surface area contributed by atoms with Gasteiger partial charge < -0.3 is 11.1 Å². The van der Waals surface area contributed by atoms with E-state index in [4.69, 9.17) is 5.73 Å². The smallest absolute Gasteiger partial charge is 0.259 e. The van der Waals surface area contributed by atoms with Crippen LogP contribution in [0.3, 0.4) is 0 Å². The van der Waals surface area contributed by atoms with E-state index < -0.39 is 11.7 Å². The number of nitrogen functional groups attached to an aromatic ring is 1. The summed E-state index contributed by atoms with van der Waals surface area (Å²) in [5, 5.41) is 8.77. The Balaban J connectivity index is 2.28. The SMILES string of the molecule is Cc1[nH]ncc1C(=O)Nc1c(N)cccc1F. The number of aromatic amines is 1. The molecule has 6 heteroatoms. The van der Waals surface area contributed by atoms with Crippen LogP contribution < -0.4 is 11.1 Å². The highest BCUT2D eigenvalue weighted by molar-refractivity contribution is 6.06. The second-order valence-electron chi connectivity index (χ2n) is 3.57. The number of rotatable bonds is 2. The number of hydrogen-bond acceptors (Lipinski definition) is 3. The molecule has 0 saturated carbocycles. The Bertz CT molecular complexity index is 544. The van der Waals surface area contributed by atoms with E-state index in [-0.39, 0.29) is 11.4 Å². The number of benzene rings is 1. The second kappa shape index (κ2) is 4.25. The molecule has 0 fully saturated rings. The lowest BCUT2D eigenvalue weighted by atomic mass is 10.2. The average molecular weight is 234 g/mol. The first kappa shape index (κ1) is 11.1. The number of amides is 1. The van der Waals surface area contributed by atoms with Crippen LogP contribution in [0.5, 0.6) is 0 Å². The van der Waals surface area contributed by atoms with Crippen LogP contribution in [0.15, 0.2) is 24.4 Å². The van der Waals surface area contributed by atoms with E-state index in [0.717, 1.165) is 0 Å². The molecular weight excluding hydrogens is 223 g/mol. The van der Waals surface area contributed by atoms with E-state index in [1.165, 1.54) is 24.4 Å². The number of para-hydroxylation sites is 1. The summed E-state index contributed by atoms with van der Waals surface area (Å²) in [5.41, 5.74) is 6.71. The topological polar surface area (TPSA) is 83.8 Å². The zero-order valence-corrected chi connectivity index (χ0v) is 9.12. The van der Waals surface area contributed by atoms with Crippen LogP contribution in [0.4, 0.5) is 15.8 Å². The summed E-state index contributed by atoms with van der Waals surface area (Å²) in [7, 11) is 0. The molecule has 4 N–H and O–H groups in total. The van der Waals surface area contributed by atoms with E-state index in [9.17, 15) is 9.18 Å². The minimum Gasteiger partial charge on any atom is -0.397 e. The van der Waals surface area contributed by atoms with Crippen LogP contribution in [0, 0.1) is 12.7 Å². The summed E-state index contributed by atoms with van der Waals surface area (Å²) in [5.74, 6) is -1.02. The van der Waals surface area contributed by atoms with Crippen LogP contribution in [-0.4, -0.2) is 16.1 Å². The van der Waals surface area contributed by atoms with Gasteiger partial charge in [-0.25, -0.2) is 4.39 Å². The molecule has 88 valence electrons. The first-order chi connectivity index (χ1) is 8.09. The number of halogens is 1. The van der Waals surface area contributed by atoms with Gasteiger partial charge in [-0.1, -0.05) is 6.07 Å². The molecule has 0 aliphatic rings. The molecule has 1 aromatic heterocycles. The molecule has 2 aromatic rings. The van der Waals surface area contributed by atoms with Gasteiger partial charge in [0.15, 0.2) is 0 Å². The number of carbonyl (C=O) groups is 1. The molecule has 0 saturated heterocycles. The molecule has 0 unspecified atom stereocenters. The normalized spacial score (nSPS) is 10.2. The van der Waals surface area contributed by atoms with E-state index in [1.54, 1.807) is 6.92 Å². The van der Waals surface area contributed by atoms with Gasteiger partial charge in [0.2, 0.25) is 0 Å². The highest BCUT2D eigenvalue weighted by Crippen LogP contribution is 2.22. The first-order valence-electron chi connectivity index (χ1n) is 4.95. The molecule has 0 spiro atoms. The summed E-state index contributed by atoms with van der Waals surface area (Å²) in [6.07, 6.45) is 1.38. The highest BCUT2D eigenvalue weighted by atomic mass is 19.1. The number of nitrogens with one attached hydrogen (secondary N) is 2. The molecule has 0 aliphatic carbocycles. The number of aryl methyl sites for hydroxylation is 1. The van der Waals surface area contributed by atoms with Crippen molar-refractivity contribution in [1.82, 2.24) is 10.2 Å². The van der Waals surface area contributed by atoms with Gasteiger partial charge in [0.25, 0.3) is 5.91 Å². The van der Waals surface area contributed by atoms with Gasteiger partial charge in [0.1, 0.15) is 11.5 Å². The number of anilines is 2. The zero-order chi connectivity index (χ0) is 12.4. The summed E-state index contributed by atoms with van der Waals surface area (Å²) in [6, 6.07) is 4.22. The molecule has 5 nitrogen and oxygen atoms in total. The van der Waals surface area contributed by atoms with Gasteiger partial charge in [0.05, 0.1) is 17.4 Å². The molecular formula is C11H11FN4O. The van der Waals surface area contributed by atoms with Gasteiger partial charge in [-0.15, -0.1) is 0 Å². The monoisotopic (exact) mass is 234 g/mol. The lowest BCUT2D eigenvalue weighted by Gasteiger charge is -2.08. The standard InChI is InChI=1S/C11H11FN4O/c1-6-7(5-14-16-6)11(17)15-10-8(12)3-2-4-9(10)13/h2-5H,13H2,1H3,(H,14,16)(H,15,17). The molecule has 0 atom stereocenters. The predicted octanol–water partition coefficient (Wildman–Crippen LogP) is 1.69. The minimum atomic E-state index is -0.570. The first-order valence-corrected chi connectivity index (χ1v) is 4.95. The number of nitrogens with two attached hydrogens (primary N) is 1. The summed E-state index contributed by atoms with van der Waals surface area (Å²) in [4.78, 5) is 11.8. The number of hydrogen-bond donors (Lipinski definition) is 3. The lowest BCUT2D eigenvalue weighted by Crippen LogP contribution is -2.14. The Kier molecular flexibility index (Phi) is 2.78. The van der Waals surface area contributed by atoms with Gasteiger partial charge in [-0.2, -0.15) is 5.10 Å². The molecule has 0 bridgehead atoms. The molecule has 17 heavy (non-hydrogen) atoms. The maximum Gasteiger partial charge on any atom is 0.259 e. The van der Waals surface area contributed by atoms with E-state index in [2.05, 4.69) is 15.5 Å². The Hall–Kier alpha value is -2.37. The average Bonchev–Trinajstić information content (AvgIpc) is 2.70. The summed E-state index contributed by atoms with van der Waals surface area (Å²) < 4.78 is 13.4. The Morgan fingerprint density at radius 2 is 2.29 bits per heavy atom. The molecule has 1 aromatic carbocycles. The van der Waals surface area contributed by atoms with Crippen LogP contribution in [0.2, 0.25) is 0 Å². The van der Waals surface area contributed by atoms with Crippen LogP contribution in [0.25, 0.3) is 0 Å². The zero-order valence-electron chi connectivity index (χ0n) is 9.12. The van der Waals surface area contributed by atoms with Crippen molar-refractivity contribution in [2.45, 2.75) is 6.92 Å². The third-order valence-corrected chi connectivity index (χ3v) is 2.36. The second-order valence-corrected chi connectivity index (χ2v) is 3.57. The number of carbonyl (C=O) groups excluding carboxylic acids is 1. The Morgan fingerprint density at radius 3 is 2.88 bits per heavy atom. The van der Waals surface area contributed by atoms with Crippen molar-refractivity contribution in [1.29, 1.82) is 0 Å². The van der Waals surface area contributed by atoms with E-state index in [1.807, 2.05) is 0 Å². The number of aromatic nitrogens is 2.